The molecule has 1 aromatic carbocycles. The Bertz CT molecular complexity index is 487. The lowest BCUT2D eigenvalue weighted by atomic mass is 9.96. The number of nitrogens with one attached hydrogen (secondary N) is 1. The minimum Gasteiger partial charge on any atom is -0.374 e. The molecule has 1 amide bonds. The van der Waals surface area contributed by atoms with E-state index in [0.717, 1.165) is 31.4 Å². The van der Waals surface area contributed by atoms with Crippen LogP contribution in [0.25, 0.3) is 0 Å². The first kappa shape index (κ1) is 14.9. The van der Waals surface area contributed by atoms with Crippen molar-refractivity contribution in [1.82, 2.24) is 5.32 Å². The summed E-state index contributed by atoms with van der Waals surface area (Å²) in [5, 5.41) is 3.31. The van der Waals surface area contributed by atoms with Crippen LogP contribution in [0.2, 0.25) is 0 Å². The maximum atomic E-state index is 11.7. The summed E-state index contributed by atoms with van der Waals surface area (Å²) >= 11 is 0. The van der Waals surface area contributed by atoms with E-state index in [9.17, 15) is 4.79 Å². The van der Waals surface area contributed by atoms with Crippen molar-refractivity contribution < 1.29 is 4.79 Å². The lowest BCUT2D eigenvalue weighted by Crippen LogP contribution is -2.38. The predicted octanol–water partition coefficient (Wildman–Crippen LogP) is 1.98. The molecule has 0 fully saturated rings. The van der Waals surface area contributed by atoms with Crippen molar-refractivity contribution in [2.75, 3.05) is 18.5 Å². The number of hydrogen-bond acceptors (Lipinski definition) is 3. The number of carbonyl (C=O) groups excluding carboxylic acids is 1. The fraction of sp³-hybridized carbons (Fsp3) is 0.562. The van der Waals surface area contributed by atoms with Crippen molar-refractivity contribution in [1.29, 1.82) is 0 Å². The summed E-state index contributed by atoms with van der Waals surface area (Å²) in [7, 11) is 2.11. The highest BCUT2D eigenvalue weighted by Gasteiger charge is 2.22. The zero-order valence-corrected chi connectivity index (χ0v) is 12.6. The number of rotatable bonds is 5. The molecule has 0 saturated heterocycles. The molecule has 0 aliphatic carbocycles. The van der Waals surface area contributed by atoms with Gasteiger partial charge in [-0.15, -0.1) is 0 Å². The van der Waals surface area contributed by atoms with Crippen molar-refractivity contribution in [3.63, 3.8) is 0 Å². The summed E-state index contributed by atoms with van der Waals surface area (Å²) in [6, 6.07) is 6.13. The van der Waals surface area contributed by atoms with Crippen molar-refractivity contribution in [3.05, 3.63) is 29.3 Å². The topological polar surface area (TPSA) is 58.4 Å². The second-order valence-electron chi connectivity index (χ2n) is 5.72. The number of aryl methyl sites for hydroxylation is 1. The Morgan fingerprint density at radius 2 is 2.25 bits per heavy atom. The Morgan fingerprint density at radius 3 is 2.90 bits per heavy atom. The van der Waals surface area contributed by atoms with E-state index >= 15 is 0 Å². The van der Waals surface area contributed by atoms with Gasteiger partial charge in [-0.05, 0) is 43.4 Å². The van der Waals surface area contributed by atoms with Crippen LogP contribution >= 0.6 is 0 Å². The van der Waals surface area contributed by atoms with E-state index in [1.165, 1.54) is 11.3 Å². The highest BCUT2D eigenvalue weighted by molar-refractivity contribution is 5.82. The smallest absolute Gasteiger partial charge is 0.239 e. The Balaban J connectivity index is 2.28. The number of anilines is 1. The molecule has 0 radical (unpaired) electrons. The number of hydrogen-bond donors (Lipinski definition) is 2. The fourth-order valence-electron chi connectivity index (χ4n) is 2.73. The van der Waals surface area contributed by atoms with E-state index in [4.69, 9.17) is 5.73 Å². The molecule has 3 N–H and O–H groups in total. The monoisotopic (exact) mass is 275 g/mol. The van der Waals surface area contributed by atoms with Gasteiger partial charge in [0.15, 0.2) is 0 Å². The molecule has 110 valence electrons. The fourth-order valence-corrected chi connectivity index (χ4v) is 2.73. The SMILES string of the molecule is CCC(C)NC(C(N)=O)c1ccc2c(c1)CCCN2C. The van der Waals surface area contributed by atoms with E-state index in [1.54, 1.807) is 0 Å². The van der Waals surface area contributed by atoms with E-state index in [2.05, 4.69) is 43.2 Å². The van der Waals surface area contributed by atoms with Gasteiger partial charge in [-0.2, -0.15) is 0 Å². The molecule has 2 rings (SSSR count). The van der Waals surface area contributed by atoms with Crippen LogP contribution in [0.4, 0.5) is 5.69 Å². The summed E-state index contributed by atoms with van der Waals surface area (Å²) in [6.07, 6.45) is 3.20. The lowest BCUT2D eigenvalue weighted by molar-refractivity contribution is -0.120. The molecule has 0 saturated carbocycles. The van der Waals surface area contributed by atoms with Gasteiger partial charge in [-0.3, -0.25) is 10.1 Å². The van der Waals surface area contributed by atoms with Gasteiger partial charge in [-0.25, -0.2) is 0 Å². The third kappa shape index (κ3) is 3.12. The first-order valence-electron chi connectivity index (χ1n) is 7.42. The maximum absolute atomic E-state index is 11.7. The second kappa shape index (κ2) is 6.27. The summed E-state index contributed by atoms with van der Waals surface area (Å²) in [5.74, 6) is -0.311. The Morgan fingerprint density at radius 1 is 1.50 bits per heavy atom. The molecular weight excluding hydrogens is 250 g/mol. The van der Waals surface area contributed by atoms with Crippen LogP contribution in [0.1, 0.15) is 43.9 Å². The summed E-state index contributed by atoms with van der Waals surface area (Å²) < 4.78 is 0. The molecule has 1 aromatic rings. The second-order valence-corrected chi connectivity index (χ2v) is 5.72. The molecule has 1 heterocycles. The number of nitrogens with zero attached hydrogens (tertiary/aromatic N) is 1. The number of nitrogens with two attached hydrogens (primary N) is 1. The minimum atomic E-state index is -0.400. The van der Waals surface area contributed by atoms with E-state index in [0.29, 0.717) is 0 Å². The zero-order valence-electron chi connectivity index (χ0n) is 12.6. The first-order chi connectivity index (χ1) is 9.52. The van der Waals surface area contributed by atoms with Gasteiger partial charge in [0, 0.05) is 25.3 Å². The molecule has 4 nitrogen and oxygen atoms in total. The quantitative estimate of drug-likeness (QED) is 0.864. The molecule has 0 aromatic heterocycles. The van der Waals surface area contributed by atoms with Crippen molar-refractivity contribution in [2.24, 2.45) is 5.73 Å². The molecule has 1 aliphatic heterocycles. The molecule has 2 unspecified atom stereocenters. The molecule has 2 atom stereocenters. The van der Waals surface area contributed by atoms with Crippen LogP contribution in [0.15, 0.2) is 18.2 Å². The predicted molar refractivity (Wildman–Crippen MR) is 82.9 cm³/mol. The van der Waals surface area contributed by atoms with Gasteiger partial charge >= 0.3 is 0 Å². The number of primary amides is 1. The standard InChI is InChI=1S/C16H25N3O/c1-4-11(2)18-15(16(17)20)13-7-8-14-12(10-13)6-5-9-19(14)3/h7-8,10-11,15,18H,4-6,9H2,1-3H3,(H2,17,20). The molecule has 1 aliphatic rings. The minimum absolute atomic E-state index is 0.270. The van der Waals surface area contributed by atoms with Crippen LogP contribution in [0.5, 0.6) is 0 Å². The normalized spacial score (nSPS) is 17.4. The van der Waals surface area contributed by atoms with Gasteiger partial charge in [0.05, 0.1) is 0 Å². The Hall–Kier alpha value is -1.55. The highest BCUT2D eigenvalue weighted by Crippen LogP contribution is 2.29. The molecule has 0 bridgehead atoms. The van der Waals surface area contributed by atoms with Crippen molar-refractivity contribution in [3.8, 4) is 0 Å². The third-order valence-electron chi connectivity index (χ3n) is 4.14. The van der Waals surface area contributed by atoms with Gasteiger partial charge < -0.3 is 10.6 Å². The van der Waals surface area contributed by atoms with Crippen molar-refractivity contribution in [2.45, 2.75) is 45.2 Å². The molecule has 20 heavy (non-hydrogen) atoms. The van der Waals surface area contributed by atoms with Crippen LogP contribution in [-0.4, -0.2) is 25.5 Å². The van der Waals surface area contributed by atoms with E-state index in [-0.39, 0.29) is 11.9 Å². The summed E-state index contributed by atoms with van der Waals surface area (Å²) in [4.78, 5) is 14.0. The summed E-state index contributed by atoms with van der Waals surface area (Å²) in [5.41, 5.74) is 9.13. The Kier molecular flexibility index (Phi) is 4.65. The largest absolute Gasteiger partial charge is 0.374 e. The number of carbonyl (C=O) groups is 1. The molecular formula is C16H25N3O. The average molecular weight is 275 g/mol. The van der Waals surface area contributed by atoms with Crippen LogP contribution in [0, 0.1) is 0 Å². The molecule has 0 spiro atoms. The number of amides is 1. The average Bonchev–Trinajstić information content (AvgIpc) is 2.44. The van der Waals surface area contributed by atoms with Crippen molar-refractivity contribution >= 4 is 11.6 Å². The highest BCUT2D eigenvalue weighted by atomic mass is 16.1. The first-order valence-corrected chi connectivity index (χ1v) is 7.42. The number of benzene rings is 1. The molecule has 4 heteroatoms. The van der Waals surface area contributed by atoms with Gasteiger partial charge in [0.2, 0.25) is 5.91 Å². The maximum Gasteiger partial charge on any atom is 0.239 e. The van der Waals surface area contributed by atoms with Crippen LogP contribution < -0.4 is 16.0 Å². The number of fused-ring (bicyclic) bond motifs is 1. The van der Waals surface area contributed by atoms with Gasteiger partial charge in [0.25, 0.3) is 0 Å². The third-order valence-corrected chi connectivity index (χ3v) is 4.14. The lowest BCUT2D eigenvalue weighted by Gasteiger charge is -2.29. The Labute approximate surface area is 121 Å². The van der Waals surface area contributed by atoms with Crippen LogP contribution in [0.3, 0.4) is 0 Å². The van der Waals surface area contributed by atoms with Crippen LogP contribution in [-0.2, 0) is 11.2 Å². The summed E-state index contributed by atoms with van der Waals surface area (Å²) in [6.45, 7) is 5.26. The van der Waals surface area contributed by atoms with Gasteiger partial charge in [-0.1, -0.05) is 19.1 Å². The van der Waals surface area contributed by atoms with E-state index in [1.807, 2.05) is 6.07 Å². The van der Waals surface area contributed by atoms with E-state index < -0.39 is 6.04 Å². The van der Waals surface area contributed by atoms with Gasteiger partial charge in [0.1, 0.15) is 6.04 Å². The zero-order chi connectivity index (χ0) is 14.7.